The van der Waals surface area contributed by atoms with E-state index >= 15 is 0 Å². The van der Waals surface area contributed by atoms with E-state index in [-0.39, 0.29) is 18.4 Å². The molecule has 13 heavy (non-hydrogen) atoms. The number of carbonyl (C=O) groups excluding carboxylic acids is 1. The van der Waals surface area contributed by atoms with Crippen LogP contribution in [0.1, 0.15) is 13.3 Å². The maximum Gasteiger partial charge on any atom is 0.228 e. The number of hydrogen-bond acceptors (Lipinski definition) is 3. The Morgan fingerprint density at radius 3 is 2.62 bits per heavy atom. The van der Waals surface area contributed by atoms with Gasteiger partial charge in [0, 0.05) is 13.1 Å². The smallest absolute Gasteiger partial charge is 0.228 e. The summed E-state index contributed by atoms with van der Waals surface area (Å²) in [5, 5.41) is 8.95. The summed E-state index contributed by atoms with van der Waals surface area (Å²) in [5.74, 6) is -0.161. The molecule has 0 saturated carbocycles. The van der Waals surface area contributed by atoms with Crippen molar-refractivity contribution >= 4 is 5.91 Å². The largest absolute Gasteiger partial charge is 0.396 e. The fraction of sp³-hybridized carbons (Fsp3) is 0.889. The average Bonchev–Trinajstić information content (AvgIpc) is 2.21. The third-order valence-electron chi connectivity index (χ3n) is 2.39. The Hall–Kier alpha value is -0.610. The SMILES string of the molecule is CCC(CO)C(=O)N1CCOCC1. The maximum atomic E-state index is 11.7. The van der Waals surface area contributed by atoms with Crippen LogP contribution in [0.3, 0.4) is 0 Å². The number of hydrogen-bond donors (Lipinski definition) is 1. The Balaban J connectivity index is 2.44. The van der Waals surface area contributed by atoms with Gasteiger partial charge in [0.25, 0.3) is 0 Å². The maximum absolute atomic E-state index is 11.7. The molecule has 1 amide bonds. The summed E-state index contributed by atoms with van der Waals surface area (Å²) in [5.41, 5.74) is 0. The summed E-state index contributed by atoms with van der Waals surface area (Å²) < 4.78 is 5.14. The number of nitrogens with zero attached hydrogens (tertiary/aromatic N) is 1. The first-order valence-electron chi connectivity index (χ1n) is 4.77. The Labute approximate surface area is 78.5 Å². The van der Waals surface area contributed by atoms with Crippen LogP contribution in [0.25, 0.3) is 0 Å². The second kappa shape index (κ2) is 5.19. The summed E-state index contributed by atoms with van der Waals surface area (Å²) in [4.78, 5) is 13.4. The zero-order valence-corrected chi connectivity index (χ0v) is 8.03. The average molecular weight is 187 g/mol. The third kappa shape index (κ3) is 2.67. The van der Waals surface area contributed by atoms with Gasteiger partial charge in [0.1, 0.15) is 0 Å². The van der Waals surface area contributed by atoms with Crippen molar-refractivity contribution in [3.05, 3.63) is 0 Å². The van der Waals surface area contributed by atoms with Crippen LogP contribution < -0.4 is 0 Å². The number of amides is 1. The number of carbonyl (C=O) groups is 1. The van der Waals surface area contributed by atoms with Crippen LogP contribution >= 0.6 is 0 Å². The second-order valence-electron chi connectivity index (χ2n) is 3.23. The molecule has 0 spiro atoms. The van der Waals surface area contributed by atoms with Crippen LogP contribution in [0, 0.1) is 5.92 Å². The molecule has 76 valence electrons. The van der Waals surface area contributed by atoms with Crippen LogP contribution in [-0.2, 0) is 9.53 Å². The number of morpholine rings is 1. The molecule has 0 radical (unpaired) electrons. The number of aliphatic hydroxyl groups is 1. The van der Waals surface area contributed by atoms with Crippen LogP contribution in [0.2, 0.25) is 0 Å². The zero-order valence-electron chi connectivity index (χ0n) is 8.03. The summed E-state index contributed by atoms with van der Waals surface area (Å²) in [6.45, 7) is 4.43. The van der Waals surface area contributed by atoms with Gasteiger partial charge in [-0.2, -0.15) is 0 Å². The van der Waals surface area contributed by atoms with E-state index in [9.17, 15) is 4.79 Å². The lowest BCUT2D eigenvalue weighted by Gasteiger charge is -2.29. The highest BCUT2D eigenvalue weighted by Gasteiger charge is 2.23. The van der Waals surface area contributed by atoms with E-state index in [4.69, 9.17) is 9.84 Å². The van der Waals surface area contributed by atoms with E-state index in [1.807, 2.05) is 6.92 Å². The quantitative estimate of drug-likeness (QED) is 0.669. The number of rotatable bonds is 3. The summed E-state index contributed by atoms with van der Waals surface area (Å²) in [6.07, 6.45) is 0.701. The van der Waals surface area contributed by atoms with Gasteiger partial charge in [-0.25, -0.2) is 0 Å². The fourth-order valence-corrected chi connectivity index (χ4v) is 1.42. The van der Waals surface area contributed by atoms with Gasteiger partial charge in [-0.1, -0.05) is 6.92 Å². The van der Waals surface area contributed by atoms with Crippen molar-refractivity contribution in [3.8, 4) is 0 Å². The third-order valence-corrected chi connectivity index (χ3v) is 2.39. The summed E-state index contributed by atoms with van der Waals surface area (Å²) in [7, 11) is 0. The van der Waals surface area contributed by atoms with Gasteiger partial charge >= 0.3 is 0 Å². The van der Waals surface area contributed by atoms with Gasteiger partial charge in [-0.15, -0.1) is 0 Å². The van der Waals surface area contributed by atoms with Crippen molar-refractivity contribution in [2.45, 2.75) is 13.3 Å². The van der Waals surface area contributed by atoms with Gasteiger partial charge in [0.2, 0.25) is 5.91 Å². The van der Waals surface area contributed by atoms with Crippen molar-refractivity contribution in [2.24, 2.45) is 5.92 Å². The van der Waals surface area contributed by atoms with Crippen LogP contribution in [0.5, 0.6) is 0 Å². The topological polar surface area (TPSA) is 49.8 Å². The molecule has 0 aliphatic carbocycles. The lowest BCUT2D eigenvalue weighted by molar-refractivity contribution is -0.141. The fourth-order valence-electron chi connectivity index (χ4n) is 1.42. The Morgan fingerprint density at radius 2 is 2.15 bits per heavy atom. The number of aliphatic hydroxyl groups excluding tert-OH is 1. The van der Waals surface area contributed by atoms with E-state index in [0.29, 0.717) is 32.7 Å². The van der Waals surface area contributed by atoms with Gasteiger partial charge in [0.05, 0.1) is 25.7 Å². The van der Waals surface area contributed by atoms with Crippen molar-refractivity contribution in [1.29, 1.82) is 0 Å². The predicted octanol–water partition coefficient (Wildman–Crippen LogP) is -0.136. The highest BCUT2D eigenvalue weighted by atomic mass is 16.5. The molecule has 0 aromatic carbocycles. The molecule has 0 aromatic heterocycles. The minimum Gasteiger partial charge on any atom is -0.396 e. The monoisotopic (exact) mass is 187 g/mol. The van der Waals surface area contributed by atoms with Crippen LogP contribution in [0.15, 0.2) is 0 Å². The Morgan fingerprint density at radius 1 is 1.54 bits per heavy atom. The first-order chi connectivity index (χ1) is 6.29. The second-order valence-corrected chi connectivity index (χ2v) is 3.23. The van der Waals surface area contributed by atoms with Gasteiger partial charge < -0.3 is 14.7 Å². The van der Waals surface area contributed by atoms with Gasteiger partial charge in [0.15, 0.2) is 0 Å². The van der Waals surface area contributed by atoms with E-state index < -0.39 is 0 Å². The molecule has 1 heterocycles. The molecule has 4 heteroatoms. The first kappa shape index (κ1) is 10.5. The van der Waals surface area contributed by atoms with Crippen LogP contribution in [0.4, 0.5) is 0 Å². The molecule has 0 bridgehead atoms. The number of ether oxygens (including phenoxy) is 1. The molecule has 0 aromatic rings. The predicted molar refractivity (Wildman–Crippen MR) is 48.3 cm³/mol. The minimum absolute atomic E-state index is 0.0489. The van der Waals surface area contributed by atoms with E-state index in [0.717, 1.165) is 0 Å². The standard InChI is InChI=1S/C9H17NO3/c1-2-8(7-11)9(12)10-3-5-13-6-4-10/h8,11H,2-7H2,1H3. The normalized spacial score (nSPS) is 20.0. The Kier molecular flexibility index (Phi) is 4.18. The molecular weight excluding hydrogens is 170 g/mol. The molecular formula is C9H17NO3. The highest BCUT2D eigenvalue weighted by Crippen LogP contribution is 2.08. The van der Waals surface area contributed by atoms with Crippen molar-refractivity contribution in [3.63, 3.8) is 0 Å². The molecule has 1 saturated heterocycles. The molecule has 1 unspecified atom stereocenters. The lowest BCUT2D eigenvalue weighted by atomic mass is 10.1. The van der Waals surface area contributed by atoms with Crippen molar-refractivity contribution in [2.75, 3.05) is 32.9 Å². The molecule has 4 nitrogen and oxygen atoms in total. The molecule has 1 rings (SSSR count). The van der Waals surface area contributed by atoms with E-state index in [1.54, 1.807) is 4.90 Å². The van der Waals surface area contributed by atoms with Crippen LogP contribution in [-0.4, -0.2) is 48.8 Å². The van der Waals surface area contributed by atoms with Crippen molar-refractivity contribution in [1.82, 2.24) is 4.90 Å². The van der Waals surface area contributed by atoms with Gasteiger partial charge in [-0.3, -0.25) is 4.79 Å². The molecule has 1 atom stereocenters. The summed E-state index contributed by atoms with van der Waals surface area (Å²) >= 11 is 0. The lowest BCUT2D eigenvalue weighted by Crippen LogP contribution is -2.44. The highest BCUT2D eigenvalue weighted by molar-refractivity contribution is 5.79. The minimum atomic E-state index is -0.224. The zero-order chi connectivity index (χ0) is 9.68. The van der Waals surface area contributed by atoms with E-state index in [1.165, 1.54) is 0 Å². The molecule has 1 aliphatic rings. The first-order valence-corrected chi connectivity index (χ1v) is 4.77. The Bertz CT molecular complexity index is 162. The molecule has 1 aliphatic heterocycles. The van der Waals surface area contributed by atoms with E-state index in [2.05, 4.69) is 0 Å². The molecule has 1 fully saturated rings. The van der Waals surface area contributed by atoms with Crippen molar-refractivity contribution < 1.29 is 14.6 Å². The molecule has 1 N–H and O–H groups in total. The summed E-state index contributed by atoms with van der Waals surface area (Å²) in [6, 6.07) is 0. The van der Waals surface area contributed by atoms with Gasteiger partial charge in [-0.05, 0) is 6.42 Å².